The van der Waals surface area contributed by atoms with Gasteiger partial charge in [-0.05, 0) is 123 Å². The van der Waals surface area contributed by atoms with E-state index < -0.39 is 20.2 Å². The number of aromatic hydroxyl groups is 1. The maximum Gasteiger partial charge on any atom is 0.261 e. The molecule has 3 heterocycles. The van der Waals surface area contributed by atoms with Crippen molar-refractivity contribution in [2.45, 2.75) is 89.3 Å². The first kappa shape index (κ1) is 41.6. The smallest absolute Gasteiger partial charge is 0.261 e. The van der Waals surface area contributed by atoms with Gasteiger partial charge < -0.3 is 19.0 Å². The van der Waals surface area contributed by atoms with Crippen molar-refractivity contribution in [3.05, 3.63) is 123 Å². The number of phenolic OH excluding ortho intramolecular Hbond substituents is 1. The van der Waals surface area contributed by atoms with Crippen molar-refractivity contribution in [1.82, 2.24) is 9.88 Å². The number of carbonyl (C=O) groups excluding carboxylic acids is 2. The first-order valence-electron chi connectivity index (χ1n) is 21.2. The van der Waals surface area contributed by atoms with Crippen LogP contribution in [0.4, 0.5) is 0 Å². The zero-order valence-corrected chi connectivity index (χ0v) is 37.7. The predicted molar refractivity (Wildman–Crippen MR) is 243 cm³/mol. The molecule has 2 amide bonds. The zero-order valence-electron chi connectivity index (χ0n) is 34.5. The fourth-order valence-corrected chi connectivity index (χ4v) is 15.6. The summed E-state index contributed by atoms with van der Waals surface area (Å²) in [6, 6.07) is 31.0. The SMILES string of the molecule is COc1cc(/C=C(/CC[C@H]2OC[C@H]3C2=C(CO[Si](c2ccccc2)(c2ccccc2)C(C)(C)C)C[C@H]2C(=O)N(C4CCCCC4)C(=O)[C@H]23)c2ccccn2)cc(I)c1O. The van der Waals surface area contributed by atoms with Crippen LogP contribution in [-0.4, -0.2) is 67.6 Å². The molecule has 0 unspecified atom stereocenters. The molecular formula is C49H55IN2O6Si. The van der Waals surface area contributed by atoms with E-state index >= 15 is 0 Å². The number of ether oxygens (including phenoxy) is 2. The van der Waals surface area contributed by atoms with Gasteiger partial charge in [-0.3, -0.25) is 19.5 Å². The van der Waals surface area contributed by atoms with Crippen LogP contribution in [0.5, 0.6) is 11.5 Å². The van der Waals surface area contributed by atoms with Crippen molar-refractivity contribution >= 4 is 64.7 Å². The van der Waals surface area contributed by atoms with Gasteiger partial charge in [0.25, 0.3) is 8.32 Å². The lowest BCUT2D eigenvalue weighted by molar-refractivity contribution is -0.143. The third kappa shape index (κ3) is 7.98. The molecule has 2 aliphatic heterocycles. The standard InChI is InChI=1S/C49H55IN2O6Si/c1-49(2,3)59(36-18-10-6-11-19-36,37-20-12-7-13-21-37)58-30-34-29-38-45(48(55)52(47(38)54)35-16-8-5-9-17-35)39-31-57-42(44(34)39)24-23-33(41-22-14-15-25-51-41)26-32-27-40(50)46(53)43(28-32)56-4/h6-7,10-15,18-22,25-28,35,38-39,42,45,53H,5,8-9,16-17,23-24,29-31H2,1-4H3/b33-26-/t38-,39+,42-,45-/m1/s1. The topological polar surface area (TPSA) is 98.2 Å². The second-order valence-corrected chi connectivity index (χ2v) is 23.1. The molecule has 8 nitrogen and oxygen atoms in total. The summed E-state index contributed by atoms with van der Waals surface area (Å²) < 4.78 is 20.6. The summed E-state index contributed by atoms with van der Waals surface area (Å²) in [5.41, 5.74) is 5.04. The molecule has 0 spiro atoms. The zero-order chi connectivity index (χ0) is 41.3. The number of hydrogen-bond donors (Lipinski definition) is 1. The van der Waals surface area contributed by atoms with Crippen LogP contribution in [-0.2, 0) is 18.8 Å². The number of halogens is 1. The van der Waals surface area contributed by atoms with Gasteiger partial charge in [0.1, 0.15) is 0 Å². The van der Waals surface area contributed by atoms with Gasteiger partial charge in [-0.15, -0.1) is 0 Å². The molecular weight excluding hydrogens is 868 g/mol. The molecule has 2 saturated heterocycles. The highest BCUT2D eigenvalue weighted by Gasteiger charge is 2.59. The number of fused-ring (bicyclic) bond motifs is 3. The van der Waals surface area contributed by atoms with Gasteiger partial charge in [-0.25, -0.2) is 0 Å². The van der Waals surface area contributed by atoms with E-state index in [0.29, 0.717) is 41.8 Å². The van der Waals surface area contributed by atoms with E-state index in [1.165, 1.54) is 10.4 Å². The molecule has 4 aliphatic rings. The van der Waals surface area contributed by atoms with Crippen molar-refractivity contribution in [2.24, 2.45) is 17.8 Å². The van der Waals surface area contributed by atoms with Gasteiger partial charge in [0.15, 0.2) is 11.5 Å². The number of carbonyl (C=O) groups is 2. The lowest BCUT2D eigenvalue weighted by atomic mass is 9.69. The molecule has 2 aliphatic carbocycles. The number of benzene rings is 3. The Morgan fingerprint density at radius 3 is 2.24 bits per heavy atom. The molecule has 3 aromatic carbocycles. The first-order valence-corrected chi connectivity index (χ1v) is 24.1. The minimum absolute atomic E-state index is 0.00308. The van der Waals surface area contributed by atoms with Gasteiger partial charge in [-0.2, -0.15) is 0 Å². The molecule has 10 heteroatoms. The number of amides is 2. The predicted octanol–water partition coefficient (Wildman–Crippen LogP) is 8.95. The van der Waals surface area contributed by atoms with E-state index in [1.807, 2.05) is 30.3 Å². The minimum atomic E-state index is -2.93. The Bertz CT molecular complexity index is 2180. The third-order valence-electron chi connectivity index (χ3n) is 13.1. The van der Waals surface area contributed by atoms with Crippen molar-refractivity contribution < 1.29 is 28.6 Å². The van der Waals surface area contributed by atoms with Crippen LogP contribution in [0.1, 0.15) is 83.4 Å². The van der Waals surface area contributed by atoms with E-state index in [9.17, 15) is 14.7 Å². The van der Waals surface area contributed by atoms with E-state index in [-0.39, 0.29) is 40.7 Å². The fourth-order valence-electron chi connectivity index (χ4n) is 10.4. The largest absolute Gasteiger partial charge is 0.504 e. The number of rotatable bonds is 12. The molecule has 0 radical (unpaired) electrons. The number of nitrogens with zero attached hydrogens (tertiary/aromatic N) is 2. The van der Waals surface area contributed by atoms with Crippen LogP contribution in [0, 0.1) is 21.3 Å². The van der Waals surface area contributed by atoms with Gasteiger partial charge in [-0.1, -0.05) is 107 Å². The van der Waals surface area contributed by atoms with E-state index in [0.717, 1.165) is 60.1 Å². The summed E-state index contributed by atoms with van der Waals surface area (Å²) in [6.45, 7) is 7.63. The minimum Gasteiger partial charge on any atom is -0.504 e. The monoisotopic (exact) mass is 922 g/mol. The number of phenols is 1. The molecule has 1 aromatic heterocycles. The summed E-state index contributed by atoms with van der Waals surface area (Å²) in [5, 5.41) is 12.8. The van der Waals surface area contributed by atoms with Crippen molar-refractivity contribution in [1.29, 1.82) is 0 Å². The van der Waals surface area contributed by atoms with Crippen LogP contribution in [0.25, 0.3) is 11.6 Å². The third-order valence-corrected chi connectivity index (χ3v) is 18.9. The highest BCUT2D eigenvalue weighted by atomic mass is 127. The number of allylic oxidation sites excluding steroid dienone is 1. The second-order valence-electron chi connectivity index (χ2n) is 17.6. The molecule has 1 saturated carbocycles. The number of hydrogen-bond acceptors (Lipinski definition) is 7. The van der Waals surface area contributed by atoms with Crippen LogP contribution in [0.2, 0.25) is 5.04 Å². The number of pyridine rings is 1. The Morgan fingerprint density at radius 2 is 1.61 bits per heavy atom. The van der Waals surface area contributed by atoms with Gasteiger partial charge in [0.05, 0.1) is 47.5 Å². The first-order chi connectivity index (χ1) is 28.5. The van der Waals surface area contributed by atoms with Crippen molar-refractivity contribution in [3.63, 3.8) is 0 Å². The number of methoxy groups -OCH3 is 1. The van der Waals surface area contributed by atoms with Gasteiger partial charge in [0.2, 0.25) is 11.8 Å². The Morgan fingerprint density at radius 1 is 0.932 bits per heavy atom. The lowest BCUT2D eigenvalue weighted by Gasteiger charge is -2.44. The molecule has 8 rings (SSSR count). The number of imide groups is 1. The number of aromatic nitrogens is 1. The van der Waals surface area contributed by atoms with Gasteiger partial charge >= 0.3 is 0 Å². The van der Waals surface area contributed by atoms with Crippen molar-refractivity contribution in [3.8, 4) is 11.5 Å². The molecule has 4 atom stereocenters. The molecule has 0 bridgehead atoms. The van der Waals surface area contributed by atoms with E-state index in [1.54, 1.807) is 18.2 Å². The van der Waals surface area contributed by atoms with Crippen LogP contribution in [0.3, 0.4) is 0 Å². The quantitative estimate of drug-likeness (QED) is 0.0656. The summed E-state index contributed by atoms with van der Waals surface area (Å²) in [5.74, 6) is -0.491. The highest BCUT2D eigenvalue weighted by Crippen LogP contribution is 2.51. The number of likely N-dealkylation sites (tertiary alicyclic amines) is 1. The summed E-state index contributed by atoms with van der Waals surface area (Å²) >= 11 is 2.13. The fraction of sp³-hybridized carbons (Fsp3) is 0.408. The van der Waals surface area contributed by atoms with Crippen LogP contribution < -0.4 is 15.1 Å². The Kier molecular flexibility index (Phi) is 12.3. The van der Waals surface area contributed by atoms with Crippen LogP contribution >= 0.6 is 22.6 Å². The van der Waals surface area contributed by atoms with E-state index in [2.05, 4.69) is 110 Å². The maximum absolute atomic E-state index is 14.5. The average Bonchev–Trinajstić information content (AvgIpc) is 3.79. The summed E-state index contributed by atoms with van der Waals surface area (Å²) in [4.78, 5) is 35.4. The highest BCUT2D eigenvalue weighted by molar-refractivity contribution is 14.1. The average molecular weight is 923 g/mol. The molecule has 308 valence electrons. The second kappa shape index (κ2) is 17.5. The molecule has 4 aromatic rings. The van der Waals surface area contributed by atoms with Crippen LogP contribution in [0.15, 0.2) is 108 Å². The Hall–Kier alpha value is -4.10. The summed E-state index contributed by atoms with van der Waals surface area (Å²) in [6.07, 6.45) is 10.5. The molecule has 3 fully saturated rings. The van der Waals surface area contributed by atoms with E-state index in [4.69, 9.17) is 18.9 Å². The maximum atomic E-state index is 14.5. The normalized spacial score (nSPS) is 22.8. The summed E-state index contributed by atoms with van der Waals surface area (Å²) in [7, 11) is -1.37. The Balaban J connectivity index is 1.18. The Labute approximate surface area is 363 Å². The lowest BCUT2D eigenvalue weighted by Crippen LogP contribution is -2.66. The van der Waals surface area contributed by atoms with Gasteiger partial charge in [0, 0.05) is 18.2 Å². The molecule has 59 heavy (non-hydrogen) atoms. The van der Waals surface area contributed by atoms with Crippen molar-refractivity contribution in [2.75, 3.05) is 20.3 Å². The molecule has 1 N–H and O–H groups in total.